The maximum atomic E-state index is 13.3. The molecule has 0 aromatic rings. The zero-order chi connectivity index (χ0) is 22.7. The quantitative estimate of drug-likeness (QED) is 0.194. The largest absolute Gasteiger partial charge is 0.394 e. The number of carbonyl (C=O) groups excluding carboxylic acids is 1. The van der Waals surface area contributed by atoms with E-state index in [0.717, 1.165) is 0 Å². The van der Waals surface area contributed by atoms with Gasteiger partial charge < -0.3 is 43.8 Å². The summed E-state index contributed by atoms with van der Waals surface area (Å²) in [4.78, 5) is 12.1. The number of nitrogens with one attached hydrogen (secondary N) is 1. The molecule has 0 fully saturated rings. The van der Waals surface area contributed by atoms with E-state index in [1.54, 1.807) is 27.7 Å². The van der Waals surface area contributed by atoms with Crippen LogP contribution in [0.2, 0.25) is 0 Å². The number of carbonyl (C=O) groups is 1. The molecule has 0 radical (unpaired) electrons. The minimum atomic E-state index is -4.11. The predicted molar refractivity (Wildman–Crippen MR) is 104 cm³/mol. The molecule has 0 aliphatic rings. The van der Waals surface area contributed by atoms with Gasteiger partial charge in [-0.1, -0.05) is 0 Å². The van der Waals surface area contributed by atoms with Crippen molar-refractivity contribution in [2.24, 2.45) is 0 Å². The smallest absolute Gasteiger partial charge is 0.347 e. The second kappa shape index (κ2) is 13.8. The molecule has 0 heterocycles. The third kappa shape index (κ3) is 8.34. The summed E-state index contributed by atoms with van der Waals surface area (Å²) < 4.78 is 47.5. The zero-order valence-electron chi connectivity index (χ0n) is 17.1. The number of rotatable bonds is 16. The van der Waals surface area contributed by atoms with Gasteiger partial charge in [0.25, 0.3) is 5.91 Å². The SMILES string of the molecule is CCOP(=O)(OCC)C(CNC(=O)C(O)C(O)C(O)CO)P(=O)(OCC)OCC. The van der Waals surface area contributed by atoms with Crippen LogP contribution in [-0.4, -0.2) is 89.6 Å². The summed E-state index contributed by atoms with van der Waals surface area (Å²) >= 11 is 0. The summed E-state index contributed by atoms with van der Waals surface area (Å²) in [5, 5.41) is 38.3. The summed E-state index contributed by atoms with van der Waals surface area (Å²) in [5.41, 5.74) is 0. The Morgan fingerprint density at radius 2 is 1.24 bits per heavy atom. The lowest BCUT2D eigenvalue weighted by Crippen LogP contribution is -2.49. The molecule has 0 saturated heterocycles. The summed E-state index contributed by atoms with van der Waals surface area (Å²) in [6.45, 7) is 4.48. The summed E-state index contributed by atoms with van der Waals surface area (Å²) in [6.07, 6.45) is -5.85. The molecule has 1 amide bonds. The average Bonchev–Trinajstić information content (AvgIpc) is 2.66. The van der Waals surface area contributed by atoms with Crippen LogP contribution in [-0.2, 0) is 32.0 Å². The second-order valence-corrected chi connectivity index (χ2v) is 10.5. The van der Waals surface area contributed by atoms with Crippen molar-refractivity contribution < 1.29 is 52.4 Å². The molecule has 0 spiro atoms. The van der Waals surface area contributed by atoms with Gasteiger partial charge in [-0.2, -0.15) is 0 Å². The van der Waals surface area contributed by atoms with E-state index < -0.39 is 58.0 Å². The highest BCUT2D eigenvalue weighted by Crippen LogP contribution is 2.70. The lowest BCUT2D eigenvalue weighted by atomic mass is 10.1. The van der Waals surface area contributed by atoms with Gasteiger partial charge >= 0.3 is 15.2 Å². The van der Waals surface area contributed by atoms with E-state index >= 15 is 0 Å². The van der Waals surface area contributed by atoms with E-state index in [9.17, 15) is 29.2 Å². The van der Waals surface area contributed by atoms with Crippen LogP contribution < -0.4 is 5.32 Å². The number of hydrogen-bond acceptors (Lipinski definition) is 11. The summed E-state index contributed by atoms with van der Waals surface area (Å²) in [5.74, 6) is -1.17. The summed E-state index contributed by atoms with van der Waals surface area (Å²) in [7, 11) is -8.21. The van der Waals surface area contributed by atoms with Gasteiger partial charge in [0.15, 0.2) is 11.5 Å². The Kier molecular flexibility index (Phi) is 13.6. The van der Waals surface area contributed by atoms with Gasteiger partial charge in [-0.15, -0.1) is 0 Å². The lowest BCUT2D eigenvalue weighted by molar-refractivity contribution is -0.142. The average molecular weight is 465 g/mol. The molecule has 3 unspecified atom stereocenters. The van der Waals surface area contributed by atoms with E-state index in [-0.39, 0.29) is 26.4 Å². The van der Waals surface area contributed by atoms with Gasteiger partial charge in [0.1, 0.15) is 12.2 Å². The molecular formula is C15H33NO11P2. The molecule has 3 atom stereocenters. The first kappa shape index (κ1) is 28.6. The fourth-order valence-electron chi connectivity index (χ4n) is 2.31. The van der Waals surface area contributed by atoms with E-state index in [1.807, 2.05) is 0 Å². The van der Waals surface area contributed by atoms with Gasteiger partial charge in [-0.25, -0.2) is 0 Å². The molecular weight excluding hydrogens is 432 g/mol. The van der Waals surface area contributed by atoms with Gasteiger partial charge in [-0.3, -0.25) is 13.9 Å². The monoisotopic (exact) mass is 465 g/mol. The van der Waals surface area contributed by atoms with E-state index in [2.05, 4.69) is 5.32 Å². The minimum absolute atomic E-state index is 0.0516. The van der Waals surface area contributed by atoms with Gasteiger partial charge in [-0.05, 0) is 27.7 Å². The summed E-state index contributed by atoms with van der Waals surface area (Å²) in [6, 6.07) is 0. The molecule has 29 heavy (non-hydrogen) atoms. The highest BCUT2D eigenvalue weighted by Gasteiger charge is 2.51. The Morgan fingerprint density at radius 3 is 1.55 bits per heavy atom. The van der Waals surface area contributed by atoms with Crippen molar-refractivity contribution in [1.82, 2.24) is 5.32 Å². The number of hydrogen-bond donors (Lipinski definition) is 5. The first-order valence-corrected chi connectivity index (χ1v) is 12.5. The minimum Gasteiger partial charge on any atom is -0.394 e. The highest BCUT2D eigenvalue weighted by atomic mass is 31.2. The topological polar surface area (TPSA) is 181 Å². The van der Waals surface area contributed by atoms with Gasteiger partial charge in [0.05, 0.1) is 33.0 Å². The molecule has 0 saturated carbocycles. The van der Waals surface area contributed by atoms with Crippen molar-refractivity contribution in [2.45, 2.75) is 51.4 Å². The molecule has 0 aromatic heterocycles. The van der Waals surface area contributed by atoms with Gasteiger partial charge in [0, 0.05) is 6.54 Å². The molecule has 0 aliphatic heterocycles. The maximum absolute atomic E-state index is 13.3. The Balaban J connectivity index is 5.74. The Labute approximate surface area is 170 Å². The van der Waals surface area contributed by atoms with Crippen molar-refractivity contribution in [3.63, 3.8) is 0 Å². The van der Waals surface area contributed by atoms with Crippen molar-refractivity contribution in [1.29, 1.82) is 0 Å². The van der Waals surface area contributed by atoms with Crippen LogP contribution >= 0.6 is 15.2 Å². The van der Waals surface area contributed by atoms with Crippen LogP contribution in [0.25, 0.3) is 0 Å². The second-order valence-electron chi connectivity index (χ2n) is 5.66. The van der Waals surface area contributed by atoms with Crippen molar-refractivity contribution in [3.8, 4) is 0 Å². The highest BCUT2D eigenvalue weighted by molar-refractivity contribution is 7.72. The Morgan fingerprint density at radius 1 is 0.862 bits per heavy atom. The molecule has 0 bridgehead atoms. The molecule has 0 rings (SSSR count). The predicted octanol–water partition coefficient (Wildman–Crippen LogP) is 0.0359. The van der Waals surface area contributed by atoms with Crippen LogP contribution in [0.3, 0.4) is 0 Å². The standard InChI is InChI=1S/C15H33NO11P2/c1-5-24-28(22,25-6-2)12(29(23,26-7-3)27-8-4)9-16-15(21)14(20)13(19)11(18)10-17/h11-14,17-20H,5-10H2,1-4H3,(H,16,21). The van der Waals surface area contributed by atoms with E-state index in [4.69, 9.17) is 23.2 Å². The van der Waals surface area contributed by atoms with E-state index in [1.165, 1.54) is 0 Å². The Bertz CT molecular complexity index is 526. The van der Waals surface area contributed by atoms with Crippen molar-refractivity contribution >= 4 is 21.1 Å². The van der Waals surface area contributed by atoms with Gasteiger partial charge in [0.2, 0.25) is 0 Å². The number of amides is 1. The first-order valence-electron chi connectivity index (χ1n) is 9.27. The molecule has 5 N–H and O–H groups in total. The molecule has 0 aromatic carbocycles. The lowest BCUT2D eigenvalue weighted by Gasteiger charge is -2.31. The zero-order valence-corrected chi connectivity index (χ0v) is 18.9. The van der Waals surface area contributed by atoms with E-state index in [0.29, 0.717) is 0 Å². The Hall–Kier alpha value is -0.390. The van der Waals surface area contributed by atoms with Crippen LogP contribution in [0.5, 0.6) is 0 Å². The third-order valence-electron chi connectivity index (χ3n) is 3.60. The molecule has 0 aliphatic carbocycles. The number of aliphatic hydroxyl groups excluding tert-OH is 4. The fraction of sp³-hybridized carbons (Fsp3) is 0.933. The first-order chi connectivity index (χ1) is 13.6. The third-order valence-corrected chi connectivity index (χ3v) is 9.59. The van der Waals surface area contributed by atoms with Crippen LogP contribution in [0.15, 0.2) is 0 Å². The molecule has 14 heteroatoms. The molecule has 12 nitrogen and oxygen atoms in total. The fourth-order valence-corrected chi connectivity index (χ4v) is 7.40. The van der Waals surface area contributed by atoms with Crippen LogP contribution in [0, 0.1) is 0 Å². The van der Waals surface area contributed by atoms with Crippen LogP contribution in [0.1, 0.15) is 27.7 Å². The van der Waals surface area contributed by atoms with Crippen LogP contribution in [0.4, 0.5) is 0 Å². The normalized spacial score (nSPS) is 15.9. The van der Waals surface area contributed by atoms with Crippen molar-refractivity contribution in [3.05, 3.63) is 0 Å². The number of aliphatic hydroxyl groups is 4. The molecule has 174 valence electrons. The maximum Gasteiger partial charge on any atom is 0.347 e. The van der Waals surface area contributed by atoms with Crippen molar-refractivity contribution in [2.75, 3.05) is 39.6 Å².